The van der Waals surface area contributed by atoms with E-state index in [1.165, 1.54) is 12.1 Å². The Kier molecular flexibility index (Phi) is 4.91. The first-order valence-electron chi connectivity index (χ1n) is 6.48. The van der Waals surface area contributed by atoms with E-state index in [0.29, 0.717) is 22.2 Å². The third kappa shape index (κ3) is 3.58. The van der Waals surface area contributed by atoms with Crippen molar-refractivity contribution in [3.05, 3.63) is 52.8 Å². The third-order valence-corrected chi connectivity index (χ3v) is 3.44. The minimum absolute atomic E-state index is 0.178. The van der Waals surface area contributed by atoms with E-state index in [1.807, 2.05) is 25.1 Å². The summed E-state index contributed by atoms with van der Waals surface area (Å²) in [5.41, 5.74) is 1.22. The molecule has 0 fully saturated rings. The molecule has 0 radical (unpaired) electrons. The molecule has 1 N–H and O–H groups in total. The summed E-state index contributed by atoms with van der Waals surface area (Å²) in [6.45, 7) is 1.91. The Hall–Kier alpha value is -1.94. The van der Waals surface area contributed by atoms with Crippen molar-refractivity contribution in [2.75, 3.05) is 19.5 Å². The lowest BCUT2D eigenvalue weighted by molar-refractivity contribution is 0.397. The highest BCUT2D eigenvalue weighted by molar-refractivity contribution is 6.30. The number of benzene rings is 2. The molecular weight excluding hydrogens is 293 g/mol. The second-order valence-corrected chi connectivity index (χ2v) is 5.03. The van der Waals surface area contributed by atoms with Gasteiger partial charge in [0, 0.05) is 10.6 Å². The van der Waals surface area contributed by atoms with E-state index >= 15 is 0 Å². The van der Waals surface area contributed by atoms with E-state index in [0.717, 1.165) is 5.56 Å². The number of rotatable bonds is 5. The number of hydrogen-bond acceptors (Lipinski definition) is 3. The zero-order valence-electron chi connectivity index (χ0n) is 12.1. The summed E-state index contributed by atoms with van der Waals surface area (Å²) in [6.07, 6.45) is 0. The summed E-state index contributed by atoms with van der Waals surface area (Å²) in [7, 11) is 3.19. The van der Waals surface area contributed by atoms with Gasteiger partial charge in [-0.1, -0.05) is 11.6 Å². The highest BCUT2D eigenvalue weighted by Crippen LogP contribution is 2.32. The Bertz CT molecular complexity index is 634. The summed E-state index contributed by atoms with van der Waals surface area (Å²) < 4.78 is 24.4. The molecule has 0 aromatic heterocycles. The minimum Gasteiger partial charge on any atom is -0.497 e. The molecule has 112 valence electrons. The van der Waals surface area contributed by atoms with Gasteiger partial charge in [-0.3, -0.25) is 0 Å². The van der Waals surface area contributed by atoms with Crippen molar-refractivity contribution in [3.63, 3.8) is 0 Å². The molecule has 21 heavy (non-hydrogen) atoms. The van der Waals surface area contributed by atoms with Gasteiger partial charge in [-0.25, -0.2) is 4.39 Å². The normalized spacial score (nSPS) is 11.9. The van der Waals surface area contributed by atoms with Crippen LogP contribution in [0.1, 0.15) is 18.5 Å². The van der Waals surface area contributed by atoms with Crippen LogP contribution >= 0.6 is 11.6 Å². The van der Waals surface area contributed by atoms with Gasteiger partial charge in [-0.2, -0.15) is 0 Å². The van der Waals surface area contributed by atoms with E-state index in [9.17, 15) is 4.39 Å². The zero-order chi connectivity index (χ0) is 15.4. The standard InChI is InChI=1S/C16H17ClFNO2/c1-10(19-15-8-11(17)4-6-14(15)18)13-9-12(20-2)5-7-16(13)21-3/h4-10,19H,1-3H3. The summed E-state index contributed by atoms with van der Waals surface area (Å²) >= 11 is 5.90. The van der Waals surface area contributed by atoms with Crippen LogP contribution in [0.2, 0.25) is 5.02 Å². The Morgan fingerprint density at radius 2 is 1.86 bits per heavy atom. The second kappa shape index (κ2) is 6.68. The van der Waals surface area contributed by atoms with Crippen LogP contribution in [0.4, 0.5) is 10.1 Å². The lowest BCUT2D eigenvalue weighted by atomic mass is 10.1. The van der Waals surface area contributed by atoms with Crippen molar-refractivity contribution in [1.29, 1.82) is 0 Å². The quantitative estimate of drug-likeness (QED) is 0.870. The summed E-state index contributed by atoms with van der Waals surface area (Å²) in [5.74, 6) is 1.07. The molecule has 1 atom stereocenters. The van der Waals surface area contributed by atoms with Crippen LogP contribution in [-0.4, -0.2) is 14.2 Å². The van der Waals surface area contributed by atoms with Crippen LogP contribution in [0.3, 0.4) is 0 Å². The largest absolute Gasteiger partial charge is 0.497 e. The summed E-state index contributed by atoms with van der Waals surface area (Å²) in [6, 6.07) is 9.72. The summed E-state index contributed by atoms with van der Waals surface area (Å²) in [5, 5.41) is 3.57. The average molecular weight is 310 g/mol. The predicted molar refractivity (Wildman–Crippen MR) is 83.0 cm³/mol. The Morgan fingerprint density at radius 3 is 2.52 bits per heavy atom. The Morgan fingerprint density at radius 1 is 1.10 bits per heavy atom. The van der Waals surface area contributed by atoms with Crippen LogP contribution in [0.5, 0.6) is 11.5 Å². The van der Waals surface area contributed by atoms with Gasteiger partial charge < -0.3 is 14.8 Å². The number of anilines is 1. The highest BCUT2D eigenvalue weighted by atomic mass is 35.5. The molecule has 0 aliphatic rings. The topological polar surface area (TPSA) is 30.5 Å². The lowest BCUT2D eigenvalue weighted by Crippen LogP contribution is -2.09. The van der Waals surface area contributed by atoms with Crippen molar-refractivity contribution >= 4 is 17.3 Å². The zero-order valence-corrected chi connectivity index (χ0v) is 12.9. The molecule has 0 bridgehead atoms. The molecule has 0 saturated heterocycles. The van der Waals surface area contributed by atoms with Crippen LogP contribution in [-0.2, 0) is 0 Å². The first-order chi connectivity index (χ1) is 10.0. The van der Waals surface area contributed by atoms with Crippen LogP contribution in [0, 0.1) is 5.82 Å². The molecule has 2 aromatic carbocycles. The maximum absolute atomic E-state index is 13.8. The van der Waals surface area contributed by atoms with Gasteiger partial charge >= 0.3 is 0 Å². The minimum atomic E-state index is -0.354. The fourth-order valence-corrected chi connectivity index (χ4v) is 2.27. The molecule has 5 heteroatoms. The molecule has 0 aliphatic heterocycles. The van der Waals surface area contributed by atoms with Gasteiger partial charge in [0.05, 0.1) is 25.9 Å². The first-order valence-corrected chi connectivity index (χ1v) is 6.86. The lowest BCUT2D eigenvalue weighted by Gasteiger charge is -2.19. The average Bonchev–Trinajstić information content (AvgIpc) is 2.50. The first kappa shape index (κ1) is 15.4. The summed E-state index contributed by atoms with van der Waals surface area (Å²) in [4.78, 5) is 0. The Labute approximate surface area is 128 Å². The molecule has 0 amide bonds. The molecule has 1 unspecified atom stereocenters. The van der Waals surface area contributed by atoms with E-state index in [4.69, 9.17) is 21.1 Å². The second-order valence-electron chi connectivity index (χ2n) is 4.60. The molecule has 0 aliphatic carbocycles. The van der Waals surface area contributed by atoms with Gasteiger partial charge in [-0.05, 0) is 43.3 Å². The maximum atomic E-state index is 13.8. The van der Waals surface area contributed by atoms with Gasteiger partial charge in [0.1, 0.15) is 17.3 Å². The van der Waals surface area contributed by atoms with E-state index in [1.54, 1.807) is 20.3 Å². The van der Waals surface area contributed by atoms with Gasteiger partial charge in [0.25, 0.3) is 0 Å². The molecule has 2 aromatic rings. The van der Waals surface area contributed by atoms with Gasteiger partial charge in [0.15, 0.2) is 0 Å². The molecule has 0 spiro atoms. The van der Waals surface area contributed by atoms with Crippen molar-refractivity contribution in [3.8, 4) is 11.5 Å². The highest BCUT2D eigenvalue weighted by Gasteiger charge is 2.14. The van der Waals surface area contributed by atoms with Gasteiger partial charge in [0.2, 0.25) is 0 Å². The molecule has 3 nitrogen and oxygen atoms in total. The van der Waals surface area contributed by atoms with Gasteiger partial charge in [-0.15, -0.1) is 0 Å². The number of ether oxygens (including phenoxy) is 2. The smallest absolute Gasteiger partial charge is 0.146 e. The molecule has 0 heterocycles. The van der Waals surface area contributed by atoms with E-state index in [-0.39, 0.29) is 11.9 Å². The van der Waals surface area contributed by atoms with Crippen LogP contribution in [0.25, 0.3) is 0 Å². The molecular formula is C16H17ClFNO2. The predicted octanol–water partition coefficient (Wildman–Crippen LogP) is 4.67. The van der Waals surface area contributed by atoms with Crippen molar-refractivity contribution < 1.29 is 13.9 Å². The van der Waals surface area contributed by atoms with Crippen molar-refractivity contribution in [2.24, 2.45) is 0 Å². The number of halogens is 2. The fraction of sp³-hybridized carbons (Fsp3) is 0.250. The van der Waals surface area contributed by atoms with Crippen LogP contribution in [0.15, 0.2) is 36.4 Å². The number of nitrogens with one attached hydrogen (secondary N) is 1. The van der Waals surface area contributed by atoms with Crippen LogP contribution < -0.4 is 14.8 Å². The number of methoxy groups -OCH3 is 2. The molecule has 0 saturated carbocycles. The van der Waals surface area contributed by atoms with E-state index in [2.05, 4.69) is 5.32 Å². The Balaban J connectivity index is 2.31. The maximum Gasteiger partial charge on any atom is 0.146 e. The monoisotopic (exact) mass is 309 g/mol. The number of hydrogen-bond donors (Lipinski definition) is 1. The van der Waals surface area contributed by atoms with Crippen molar-refractivity contribution in [1.82, 2.24) is 0 Å². The third-order valence-electron chi connectivity index (χ3n) is 3.20. The SMILES string of the molecule is COc1ccc(OC)c(C(C)Nc2cc(Cl)ccc2F)c1. The van der Waals surface area contributed by atoms with Crippen molar-refractivity contribution in [2.45, 2.75) is 13.0 Å². The fourth-order valence-electron chi connectivity index (χ4n) is 2.10. The molecule has 2 rings (SSSR count). The van der Waals surface area contributed by atoms with E-state index < -0.39 is 0 Å².